The quantitative estimate of drug-likeness (QED) is 0.824. The van der Waals surface area contributed by atoms with E-state index in [-0.39, 0.29) is 17.8 Å². The number of hydrogen-bond acceptors (Lipinski definition) is 3. The van der Waals surface area contributed by atoms with Gasteiger partial charge in [-0.3, -0.25) is 9.69 Å². The highest BCUT2D eigenvalue weighted by Crippen LogP contribution is 2.31. The lowest BCUT2D eigenvalue weighted by molar-refractivity contribution is -0.134. The number of ether oxygens (including phenoxy) is 1. The van der Waals surface area contributed by atoms with Crippen LogP contribution in [0.5, 0.6) is 5.75 Å². The SMILES string of the molecule is COc1ccccc1C1CN(C(=O)CCc2cccc(F)c2)CCN1C. The minimum absolute atomic E-state index is 0.109. The fraction of sp³-hybridized carbons (Fsp3) is 0.381. The number of piperazine rings is 1. The van der Waals surface area contributed by atoms with Crippen molar-refractivity contribution in [2.24, 2.45) is 0 Å². The van der Waals surface area contributed by atoms with Crippen molar-refractivity contribution in [3.63, 3.8) is 0 Å². The number of likely N-dealkylation sites (N-methyl/N-ethyl adjacent to an activating group) is 1. The Hall–Kier alpha value is -2.40. The first kappa shape index (κ1) is 18.4. The summed E-state index contributed by atoms with van der Waals surface area (Å²) >= 11 is 0. The van der Waals surface area contributed by atoms with Crippen LogP contribution < -0.4 is 4.74 Å². The molecule has 0 bridgehead atoms. The average molecular weight is 356 g/mol. The Morgan fingerprint density at radius 1 is 1.19 bits per heavy atom. The third-order valence-electron chi connectivity index (χ3n) is 5.02. The van der Waals surface area contributed by atoms with E-state index in [1.165, 1.54) is 12.1 Å². The van der Waals surface area contributed by atoms with Gasteiger partial charge in [-0.2, -0.15) is 0 Å². The Morgan fingerprint density at radius 3 is 2.77 bits per heavy atom. The molecule has 1 unspecified atom stereocenters. The van der Waals surface area contributed by atoms with Gasteiger partial charge in [0.15, 0.2) is 0 Å². The zero-order chi connectivity index (χ0) is 18.5. The zero-order valence-electron chi connectivity index (χ0n) is 15.3. The van der Waals surface area contributed by atoms with Crippen LogP contribution in [-0.4, -0.2) is 49.5 Å². The molecule has 0 saturated carbocycles. The monoisotopic (exact) mass is 356 g/mol. The van der Waals surface area contributed by atoms with E-state index < -0.39 is 0 Å². The van der Waals surface area contributed by atoms with Gasteiger partial charge in [-0.25, -0.2) is 4.39 Å². The maximum atomic E-state index is 13.3. The molecule has 0 spiro atoms. The molecular formula is C21H25FN2O2. The van der Waals surface area contributed by atoms with Crippen molar-refractivity contribution in [1.29, 1.82) is 0 Å². The van der Waals surface area contributed by atoms with Crippen LogP contribution in [0.4, 0.5) is 4.39 Å². The van der Waals surface area contributed by atoms with Gasteiger partial charge < -0.3 is 9.64 Å². The van der Waals surface area contributed by atoms with Crippen LogP contribution in [0.25, 0.3) is 0 Å². The Bertz CT molecular complexity index is 765. The summed E-state index contributed by atoms with van der Waals surface area (Å²) in [4.78, 5) is 16.8. The number of rotatable bonds is 5. The maximum Gasteiger partial charge on any atom is 0.223 e. The summed E-state index contributed by atoms with van der Waals surface area (Å²) in [6.07, 6.45) is 0.952. The van der Waals surface area contributed by atoms with Gasteiger partial charge in [-0.05, 0) is 37.2 Å². The summed E-state index contributed by atoms with van der Waals surface area (Å²) in [5, 5.41) is 0. The second-order valence-corrected chi connectivity index (χ2v) is 6.71. The summed E-state index contributed by atoms with van der Waals surface area (Å²) in [5.41, 5.74) is 1.95. The molecule has 2 aromatic rings. The summed E-state index contributed by atoms with van der Waals surface area (Å²) in [6.45, 7) is 2.16. The van der Waals surface area contributed by atoms with Gasteiger partial charge in [-0.15, -0.1) is 0 Å². The molecule has 1 heterocycles. The second-order valence-electron chi connectivity index (χ2n) is 6.71. The van der Waals surface area contributed by atoms with Gasteiger partial charge in [0.2, 0.25) is 5.91 Å². The molecule has 1 saturated heterocycles. The van der Waals surface area contributed by atoms with E-state index in [1.54, 1.807) is 13.2 Å². The summed E-state index contributed by atoms with van der Waals surface area (Å²) in [6, 6.07) is 14.5. The van der Waals surface area contributed by atoms with Crippen molar-refractivity contribution in [2.75, 3.05) is 33.8 Å². The number of nitrogens with zero attached hydrogens (tertiary/aromatic N) is 2. The molecule has 3 rings (SSSR count). The summed E-state index contributed by atoms with van der Waals surface area (Å²) in [5.74, 6) is 0.700. The number of para-hydroxylation sites is 1. The van der Waals surface area contributed by atoms with E-state index in [4.69, 9.17) is 4.74 Å². The highest BCUT2D eigenvalue weighted by molar-refractivity contribution is 5.76. The van der Waals surface area contributed by atoms with Crippen LogP contribution >= 0.6 is 0 Å². The molecule has 0 aromatic heterocycles. The van der Waals surface area contributed by atoms with Crippen molar-refractivity contribution in [2.45, 2.75) is 18.9 Å². The summed E-state index contributed by atoms with van der Waals surface area (Å²) < 4.78 is 18.8. The molecule has 1 amide bonds. The van der Waals surface area contributed by atoms with Crippen molar-refractivity contribution >= 4 is 5.91 Å². The molecule has 0 N–H and O–H groups in total. The van der Waals surface area contributed by atoms with Gasteiger partial charge in [-0.1, -0.05) is 30.3 Å². The molecule has 138 valence electrons. The molecule has 0 aliphatic carbocycles. The first-order chi connectivity index (χ1) is 12.6. The van der Waals surface area contributed by atoms with Crippen LogP contribution in [0, 0.1) is 5.82 Å². The average Bonchev–Trinajstić information content (AvgIpc) is 2.66. The topological polar surface area (TPSA) is 32.8 Å². The molecule has 26 heavy (non-hydrogen) atoms. The third-order valence-corrected chi connectivity index (χ3v) is 5.02. The highest BCUT2D eigenvalue weighted by atomic mass is 19.1. The minimum Gasteiger partial charge on any atom is -0.496 e. The number of benzene rings is 2. The fourth-order valence-electron chi connectivity index (χ4n) is 3.48. The molecule has 5 heteroatoms. The molecule has 1 aliphatic rings. The highest BCUT2D eigenvalue weighted by Gasteiger charge is 2.29. The lowest BCUT2D eigenvalue weighted by Crippen LogP contribution is -2.49. The van der Waals surface area contributed by atoms with Crippen molar-refractivity contribution in [3.8, 4) is 5.75 Å². The molecule has 4 nitrogen and oxygen atoms in total. The van der Waals surface area contributed by atoms with Crippen molar-refractivity contribution < 1.29 is 13.9 Å². The number of aryl methyl sites for hydroxylation is 1. The number of halogens is 1. The fourth-order valence-corrected chi connectivity index (χ4v) is 3.48. The lowest BCUT2D eigenvalue weighted by Gasteiger charge is -2.40. The van der Waals surface area contributed by atoms with Crippen LogP contribution in [0.1, 0.15) is 23.6 Å². The van der Waals surface area contributed by atoms with E-state index in [1.807, 2.05) is 29.2 Å². The molecule has 1 atom stereocenters. The zero-order valence-corrected chi connectivity index (χ0v) is 15.3. The minimum atomic E-state index is -0.259. The van der Waals surface area contributed by atoms with Crippen LogP contribution in [0.2, 0.25) is 0 Å². The largest absolute Gasteiger partial charge is 0.496 e. The molecule has 0 radical (unpaired) electrons. The third kappa shape index (κ3) is 4.22. The van der Waals surface area contributed by atoms with E-state index in [0.717, 1.165) is 23.4 Å². The Kier molecular flexibility index (Phi) is 5.89. The van der Waals surface area contributed by atoms with E-state index in [0.29, 0.717) is 25.9 Å². The normalized spacial score (nSPS) is 18.0. The first-order valence-corrected chi connectivity index (χ1v) is 8.94. The van der Waals surface area contributed by atoms with Gasteiger partial charge >= 0.3 is 0 Å². The Morgan fingerprint density at radius 2 is 2.00 bits per heavy atom. The number of carbonyl (C=O) groups excluding carboxylic acids is 1. The predicted molar refractivity (Wildman–Crippen MR) is 99.7 cm³/mol. The van der Waals surface area contributed by atoms with Crippen molar-refractivity contribution in [1.82, 2.24) is 9.80 Å². The van der Waals surface area contributed by atoms with E-state index in [2.05, 4.69) is 18.0 Å². The van der Waals surface area contributed by atoms with Crippen LogP contribution in [-0.2, 0) is 11.2 Å². The van der Waals surface area contributed by atoms with Gasteiger partial charge in [0.1, 0.15) is 11.6 Å². The van der Waals surface area contributed by atoms with Gasteiger partial charge in [0.05, 0.1) is 13.2 Å². The van der Waals surface area contributed by atoms with Crippen LogP contribution in [0.15, 0.2) is 48.5 Å². The molecule has 1 aliphatic heterocycles. The van der Waals surface area contributed by atoms with Gasteiger partial charge in [0, 0.05) is 31.6 Å². The van der Waals surface area contributed by atoms with E-state index in [9.17, 15) is 9.18 Å². The number of carbonyl (C=O) groups is 1. The summed E-state index contributed by atoms with van der Waals surface area (Å²) in [7, 11) is 3.75. The number of hydrogen-bond donors (Lipinski definition) is 0. The predicted octanol–water partition coefficient (Wildman–Crippen LogP) is 3.28. The molecule has 1 fully saturated rings. The molecular weight excluding hydrogens is 331 g/mol. The maximum absolute atomic E-state index is 13.3. The van der Waals surface area contributed by atoms with Crippen molar-refractivity contribution in [3.05, 3.63) is 65.5 Å². The Labute approximate surface area is 154 Å². The number of methoxy groups -OCH3 is 1. The van der Waals surface area contributed by atoms with Crippen LogP contribution in [0.3, 0.4) is 0 Å². The smallest absolute Gasteiger partial charge is 0.223 e. The molecule has 2 aromatic carbocycles. The lowest BCUT2D eigenvalue weighted by atomic mass is 10.0. The standard InChI is InChI=1S/C21H25FN2O2/c1-23-12-13-24(15-19(23)18-8-3-4-9-20(18)26-2)21(25)11-10-16-6-5-7-17(22)14-16/h3-9,14,19H,10-13,15H2,1-2H3. The number of amides is 1. The van der Waals surface area contributed by atoms with Gasteiger partial charge in [0.25, 0.3) is 0 Å². The Balaban J connectivity index is 1.66. The first-order valence-electron chi connectivity index (χ1n) is 8.94. The van der Waals surface area contributed by atoms with E-state index >= 15 is 0 Å². The second kappa shape index (κ2) is 8.32.